The Morgan fingerprint density at radius 1 is 1.10 bits per heavy atom. The van der Waals surface area contributed by atoms with E-state index in [-0.39, 0.29) is 37.0 Å². The largest absolute Gasteiger partial charge is 0.455 e. The third-order valence-electron chi connectivity index (χ3n) is 9.03. The number of aromatic nitrogens is 3. The molecule has 4 aromatic rings. The van der Waals surface area contributed by atoms with Crippen molar-refractivity contribution in [1.82, 2.24) is 34.6 Å². The topological polar surface area (TPSA) is 110 Å². The lowest BCUT2D eigenvalue weighted by atomic mass is 9.92. The summed E-state index contributed by atoms with van der Waals surface area (Å²) in [5, 5.41) is 2.99. The summed E-state index contributed by atoms with van der Waals surface area (Å²) in [6.45, 7) is 4.78. The van der Waals surface area contributed by atoms with Gasteiger partial charge in [0.05, 0.1) is 28.5 Å². The highest BCUT2D eigenvalue weighted by Crippen LogP contribution is 2.37. The van der Waals surface area contributed by atoms with Crippen molar-refractivity contribution in [3.05, 3.63) is 76.6 Å². The molecule has 0 radical (unpaired) electrons. The van der Waals surface area contributed by atoms with E-state index in [0.29, 0.717) is 72.5 Å². The van der Waals surface area contributed by atoms with Crippen LogP contribution in [0.25, 0.3) is 11.0 Å². The number of ether oxygens (including phenoxy) is 1. The van der Waals surface area contributed by atoms with Crippen molar-refractivity contribution in [2.45, 2.75) is 38.5 Å². The van der Waals surface area contributed by atoms with Crippen LogP contribution in [-0.4, -0.2) is 100 Å². The van der Waals surface area contributed by atoms with Gasteiger partial charge in [0, 0.05) is 72.0 Å². The Labute approximate surface area is 280 Å². The third kappa shape index (κ3) is 7.32. The van der Waals surface area contributed by atoms with Gasteiger partial charge in [-0.15, -0.1) is 0 Å². The number of nitrogens with zero attached hydrogens (tertiary/aromatic N) is 6. The van der Waals surface area contributed by atoms with Crippen molar-refractivity contribution in [3.8, 4) is 11.5 Å². The Morgan fingerprint density at radius 2 is 1.86 bits per heavy atom. The minimum absolute atomic E-state index is 0.0448. The summed E-state index contributed by atoms with van der Waals surface area (Å²) in [5.74, 6) is -0.509. The summed E-state index contributed by atoms with van der Waals surface area (Å²) in [7, 11) is 5.23. The monoisotopic (exact) mass is 682 g/mol. The van der Waals surface area contributed by atoms with Crippen molar-refractivity contribution >= 4 is 28.7 Å². The molecule has 3 amide bonds. The summed E-state index contributed by atoms with van der Waals surface area (Å²) in [5.41, 5.74) is 0.601. The Bertz CT molecular complexity index is 1870. The molecule has 260 valence electrons. The number of fused-ring (bicyclic) bond motifs is 2. The number of hydrogen-bond acceptors (Lipinski definition) is 7. The number of likely N-dealkylation sites (N-methyl/N-ethyl adjacent to an activating group) is 1. The van der Waals surface area contributed by atoms with E-state index < -0.39 is 29.3 Å². The average Bonchev–Trinajstić information content (AvgIpc) is 3.50. The SMILES string of the molecule is CC[C@H]1CN(C(=O)Nc2cc(C(F)(F)F)c(CN3CCN(C)CC3)cc2F)Cc2cc(Oc3ccnc4[nH]c(C(=O)N(C)C)cc34)cnc21. The highest BCUT2D eigenvalue weighted by molar-refractivity contribution is 5.98. The standard InChI is InChI=1S/C34H38F4N8O3/c1-5-20-18-46(33(48)42-27-15-25(34(36,37)38)21(13-26(27)35)17-45-10-8-44(4)9-11-45)19-22-12-23(16-40-30(20)22)49-29-6-7-39-31-24(29)14-28(41-31)32(47)43(2)3/h6-7,12-16,20H,5,8-11,17-19H2,1-4H3,(H,39,41)(H,42,48)/t20-/m0/s1. The Kier molecular flexibility index (Phi) is 9.49. The maximum absolute atomic E-state index is 15.3. The number of urea groups is 1. The molecule has 1 atom stereocenters. The molecule has 0 spiro atoms. The fourth-order valence-corrected chi connectivity index (χ4v) is 6.27. The van der Waals surface area contributed by atoms with Crippen molar-refractivity contribution in [2.75, 3.05) is 59.2 Å². The van der Waals surface area contributed by atoms with Crippen LogP contribution >= 0.6 is 0 Å². The zero-order valence-electron chi connectivity index (χ0n) is 27.7. The highest BCUT2D eigenvalue weighted by atomic mass is 19.4. The molecule has 0 saturated carbocycles. The van der Waals surface area contributed by atoms with Gasteiger partial charge in [0.25, 0.3) is 5.91 Å². The maximum atomic E-state index is 15.3. The van der Waals surface area contributed by atoms with Crippen molar-refractivity contribution < 1.29 is 31.9 Å². The van der Waals surface area contributed by atoms with Gasteiger partial charge in [-0.05, 0) is 54.9 Å². The first-order chi connectivity index (χ1) is 23.3. The van der Waals surface area contributed by atoms with Gasteiger partial charge in [-0.2, -0.15) is 13.2 Å². The van der Waals surface area contributed by atoms with Gasteiger partial charge in [0.1, 0.15) is 28.7 Å². The number of amides is 3. The van der Waals surface area contributed by atoms with Gasteiger partial charge in [-0.3, -0.25) is 14.7 Å². The van der Waals surface area contributed by atoms with Gasteiger partial charge >= 0.3 is 12.2 Å². The van der Waals surface area contributed by atoms with E-state index in [0.717, 1.165) is 11.8 Å². The number of piperazine rings is 1. The molecule has 0 unspecified atom stereocenters. The molecular weight excluding hydrogens is 644 g/mol. The number of hydrogen-bond donors (Lipinski definition) is 2. The molecule has 49 heavy (non-hydrogen) atoms. The zero-order valence-corrected chi connectivity index (χ0v) is 27.7. The molecule has 5 heterocycles. The summed E-state index contributed by atoms with van der Waals surface area (Å²) in [6.07, 6.45) is -0.974. The van der Waals surface area contributed by atoms with Crippen molar-refractivity contribution in [3.63, 3.8) is 0 Å². The average molecular weight is 683 g/mol. The van der Waals surface area contributed by atoms with Crippen LogP contribution in [0.2, 0.25) is 0 Å². The molecule has 11 nitrogen and oxygen atoms in total. The van der Waals surface area contributed by atoms with Gasteiger partial charge in [-0.1, -0.05) is 6.92 Å². The lowest BCUT2D eigenvalue weighted by Crippen LogP contribution is -2.44. The molecule has 0 bridgehead atoms. The highest BCUT2D eigenvalue weighted by Gasteiger charge is 2.36. The van der Waals surface area contributed by atoms with E-state index in [4.69, 9.17) is 4.74 Å². The fourth-order valence-electron chi connectivity index (χ4n) is 6.27. The zero-order chi connectivity index (χ0) is 35.0. The molecule has 0 aliphatic carbocycles. The van der Waals surface area contributed by atoms with Crippen LogP contribution in [0.4, 0.5) is 28.0 Å². The summed E-state index contributed by atoms with van der Waals surface area (Å²) >= 11 is 0. The van der Waals surface area contributed by atoms with Crippen LogP contribution in [0.15, 0.2) is 42.7 Å². The second-order valence-corrected chi connectivity index (χ2v) is 12.8. The molecular formula is C34H38F4N8O3. The molecule has 2 aliphatic rings. The number of carbonyl (C=O) groups is 2. The van der Waals surface area contributed by atoms with Crippen molar-refractivity contribution in [2.24, 2.45) is 0 Å². The molecule has 6 rings (SSSR count). The van der Waals surface area contributed by atoms with Crippen LogP contribution in [-0.2, 0) is 19.3 Å². The van der Waals surface area contributed by atoms with Crippen LogP contribution in [0.3, 0.4) is 0 Å². The lowest BCUT2D eigenvalue weighted by Gasteiger charge is -2.34. The molecule has 2 aliphatic heterocycles. The van der Waals surface area contributed by atoms with Gasteiger partial charge in [-0.25, -0.2) is 14.2 Å². The Morgan fingerprint density at radius 3 is 2.55 bits per heavy atom. The van der Waals surface area contributed by atoms with Crippen LogP contribution in [0.5, 0.6) is 11.5 Å². The number of benzene rings is 1. The minimum atomic E-state index is -4.74. The van der Waals surface area contributed by atoms with Crippen LogP contribution in [0, 0.1) is 5.82 Å². The van der Waals surface area contributed by atoms with Crippen molar-refractivity contribution in [1.29, 1.82) is 0 Å². The Balaban J connectivity index is 1.21. The third-order valence-corrected chi connectivity index (χ3v) is 9.03. The number of alkyl halides is 3. The predicted octanol–water partition coefficient (Wildman–Crippen LogP) is 5.90. The number of halogens is 4. The quantitative estimate of drug-likeness (QED) is 0.234. The molecule has 15 heteroatoms. The first-order valence-electron chi connectivity index (χ1n) is 16.0. The number of anilines is 1. The van der Waals surface area contributed by atoms with Gasteiger partial charge in [0.15, 0.2) is 0 Å². The van der Waals surface area contributed by atoms with E-state index in [1.54, 1.807) is 44.7 Å². The van der Waals surface area contributed by atoms with E-state index in [2.05, 4.69) is 25.2 Å². The maximum Gasteiger partial charge on any atom is 0.416 e. The number of H-pyrrole nitrogens is 1. The number of rotatable bonds is 7. The normalized spacial score (nSPS) is 17.2. The smallest absolute Gasteiger partial charge is 0.416 e. The fraction of sp³-hybridized carbons (Fsp3) is 0.412. The summed E-state index contributed by atoms with van der Waals surface area (Å²) in [6, 6.07) is 5.92. The van der Waals surface area contributed by atoms with Crippen LogP contribution < -0.4 is 10.1 Å². The van der Waals surface area contributed by atoms with E-state index >= 15 is 4.39 Å². The first kappa shape index (κ1) is 34.1. The molecule has 1 aromatic carbocycles. The summed E-state index contributed by atoms with van der Waals surface area (Å²) in [4.78, 5) is 44.7. The minimum Gasteiger partial charge on any atom is -0.455 e. The predicted molar refractivity (Wildman–Crippen MR) is 175 cm³/mol. The molecule has 1 fully saturated rings. The number of nitrogens with one attached hydrogen (secondary N) is 2. The second-order valence-electron chi connectivity index (χ2n) is 12.8. The van der Waals surface area contributed by atoms with E-state index in [1.165, 1.54) is 9.80 Å². The van der Waals surface area contributed by atoms with E-state index in [1.807, 2.05) is 18.9 Å². The molecule has 1 saturated heterocycles. The number of carbonyl (C=O) groups excluding carboxylic acids is 2. The van der Waals surface area contributed by atoms with Gasteiger partial charge in [0.2, 0.25) is 0 Å². The first-order valence-corrected chi connectivity index (χ1v) is 16.0. The van der Waals surface area contributed by atoms with E-state index in [9.17, 15) is 22.8 Å². The van der Waals surface area contributed by atoms with Gasteiger partial charge < -0.3 is 29.7 Å². The second kappa shape index (κ2) is 13.6. The molecule has 3 aromatic heterocycles. The molecule has 2 N–H and O–H groups in total. The number of aromatic amines is 1. The van der Waals surface area contributed by atoms with Crippen LogP contribution in [0.1, 0.15) is 52.1 Å². The lowest BCUT2D eigenvalue weighted by molar-refractivity contribution is -0.138. The summed E-state index contributed by atoms with van der Waals surface area (Å²) < 4.78 is 64.0. The number of pyridine rings is 2. The Hall–Kier alpha value is -4.76.